The lowest BCUT2D eigenvalue weighted by molar-refractivity contribution is 0.347. The molecule has 1 atom stereocenters. The number of nitrogens with two attached hydrogens (primary N) is 1. The number of benzene rings is 1. The minimum absolute atomic E-state index is 0.128. The molecule has 0 spiro atoms. The summed E-state index contributed by atoms with van der Waals surface area (Å²) in [5.41, 5.74) is 6.62. The van der Waals surface area contributed by atoms with E-state index in [1.54, 1.807) is 7.11 Å². The molecule has 0 aliphatic carbocycles. The summed E-state index contributed by atoms with van der Waals surface area (Å²) >= 11 is 3.45. The van der Waals surface area contributed by atoms with Crippen molar-refractivity contribution in [1.82, 2.24) is 10.1 Å². The Morgan fingerprint density at radius 1 is 1.45 bits per heavy atom. The first-order chi connectivity index (χ1) is 9.69. The highest BCUT2D eigenvalue weighted by Crippen LogP contribution is 2.30. The molecule has 0 bridgehead atoms. The maximum atomic E-state index is 5.75. The zero-order valence-electron chi connectivity index (χ0n) is 11.6. The lowest BCUT2D eigenvalue weighted by atomic mass is 10.0. The predicted octanol–water partition coefficient (Wildman–Crippen LogP) is 3.35. The molecule has 2 rings (SSSR count). The van der Waals surface area contributed by atoms with E-state index in [0.29, 0.717) is 18.3 Å². The fourth-order valence-electron chi connectivity index (χ4n) is 2.01. The Morgan fingerprint density at radius 3 is 2.85 bits per heavy atom. The van der Waals surface area contributed by atoms with Crippen LogP contribution in [0.2, 0.25) is 0 Å². The fourth-order valence-corrected chi connectivity index (χ4v) is 2.56. The van der Waals surface area contributed by atoms with Crippen LogP contribution in [0, 0.1) is 0 Å². The molecule has 0 radical (unpaired) electrons. The van der Waals surface area contributed by atoms with E-state index < -0.39 is 0 Å². The van der Waals surface area contributed by atoms with E-state index in [0.717, 1.165) is 28.6 Å². The molecular weight excluding hydrogens is 322 g/mol. The van der Waals surface area contributed by atoms with E-state index >= 15 is 0 Å². The monoisotopic (exact) mass is 339 g/mol. The zero-order chi connectivity index (χ0) is 14.5. The Bertz CT molecular complexity index is 571. The Kier molecular flexibility index (Phi) is 5.14. The van der Waals surface area contributed by atoms with Crippen LogP contribution in [0.5, 0.6) is 5.75 Å². The van der Waals surface area contributed by atoms with Crippen LogP contribution in [0.15, 0.2) is 27.2 Å². The third-order valence-electron chi connectivity index (χ3n) is 3.12. The van der Waals surface area contributed by atoms with Gasteiger partial charge in [0.1, 0.15) is 5.75 Å². The van der Waals surface area contributed by atoms with Crippen LogP contribution < -0.4 is 10.5 Å². The van der Waals surface area contributed by atoms with Crippen LogP contribution in [0.1, 0.15) is 31.6 Å². The normalized spacial score (nSPS) is 12.4. The van der Waals surface area contributed by atoms with Crippen molar-refractivity contribution in [2.24, 2.45) is 5.73 Å². The van der Waals surface area contributed by atoms with E-state index in [1.165, 1.54) is 0 Å². The predicted molar refractivity (Wildman–Crippen MR) is 80.7 cm³/mol. The smallest absolute Gasteiger partial charge is 0.231 e. The van der Waals surface area contributed by atoms with Gasteiger partial charge in [-0.25, -0.2) is 0 Å². The highest BCUT2D eigenvalue weighted by Gasteiger charge is 2.18. The molecule has 1 aromatic carbocycles. The van der Waals surface area contributed by atoms with Gasteiger partial charge in [-0.2, -0.15) is 4.98 Å². The van der Waals surface area contributed by atoms with Crippen molar-refractivity contribution in [1.29, 1.82) is 0 Å². The molecular formula is C14H18BrN3O2. The van der Waals surface area contributed by atoms with Crippen molar-refractivity contribution in [2.75, 3.05) is 13.7 Å². The molecule has 0 aliphatic rings. The quantitative estimate of drug-likeness (QED) is 0.873. The standard InChI is InChI=1S/C14H18BrN3O2/c1-3-4-10(8-16)14-17-13(18-20-14)9-5-6-12(19-2)11(15)7-9/h5-7,10H,3-4,8,16H2,1-2H3. The van der Waals surface area contributed by atoms with Gasteiger partial charge >= 0.3 is 0 Å². The van der Waals surface area contributed by atoms with Crippen molar-refractivity contribution in [3.05, 3.63) is 28.6 Å². The summed E-state index contributed by atoms with van der Waals surface area (Å²) in [5, 5.41) is 4.03. The first kappa shape index (κ1) is 15.0. The third-order valence-corrected chi connectivity index (χ3v) is 3.74. The topological polar surface area (TPSA) is 74.2 Å². The maximum Gasteiger partial charge on any atom is 0.231 e. The van der Waals surface area contributed by atoms with Crippen LogP contribution >= 0.6 is 15.9 Å². The maximum absolute atomic E-state index is 5.75. The molecule has 108 valence electrons. The van der Waals surface area contributed by atoms with Crippen LogP contribution in [0.25, 0.3) is 11.4 Å². The Labute approximate surface area is 126 Å². The summed E-state index contributed by atoms with van der Waals surface area (Å²) < 4.78 is 11.4. The van der Waals surface area contributed by atoms with Crippen molar-refractivity contribution >= 4 is 15.9 Å². The summed E-state index contributed by atoms with van der Waals surface area (Å²) in [5.74, 6) is 2.07. The molecule has 6 heteroatoms. The molecule has 0 fully saturated rings. The molecule has 0 saturated heterocycles. The number of rotatable bonds is 6. The van der Waals surface area contributed by atoms with Crippen LogP contribution in [-0.4, -0.2) is 23.8 Å². The molecule has 2 aromatic rings. The third kappa shape index (κ3) is 3.19. The second-order valence-corrected chi connectivity index (χ2v) is 5.38. The van der Waals surface area contributed by atoms with Gasteiger partial charge in [-0.1, -0.05) is 18.5 Å². The van der Waals surface area contributed by atoms with Crippen molar-refractivity contribution < 1.29 is 9.26 Å². The number of methoxy groups -OCH3 is 1. The molecule has 1 heterocycles. The summed E-state index contributed by atoms with van der Waals surface area (Å²) in [6, 6.07) is 5.67. The molecule has 0 aliphatic heterocycles. The van der Waals surface area contributed by atoms with Crippen LogP contribution in [0.3, 0.4) is 0 Å². The largest absolute Gasteiger partial charge is 0.496 e. The summed E-state index contributed by atoms with van der Waals surface area (Å²) in [6.07, 6.45) is 1.98. The highest BCUT2D eigenvalue weighted by molar-refractivity contribution is 9.10. The Balaban J connectivity index is 2.26. The van der Waals surface area contributed by atoms with Crippen LogP contribution in [0.4, 0.5) is 0 Å². The minimum atomic E-state index is 0.128. The lowest BCUT2D eigenvalue weighted by Crippen LogP contribution is -2.12. The van der Waals surface area contributed by atoms with Crippen molar-refractivity contribution in [3.63, 3.8) is 0 Å². The fraction of sp³-hybridized carbons (Fsp3) is 0.429. The minimum Gasteiger partial charge on any atom is -0.496 e. The molecule has 0 amide bonds. The molecule has 1 aromatic heterocycles. The van der Waals surface area contributed by atoms with Gasteiger partial charge in [0.2, 0.25) is 11.7 Å². The Morgan fingerprint density at radius 2 is 2.25 bits per heavy atom. The number of halogens is 1. The first-order valence-electron chi connectivity index (χ1n) is 6.57. The lowest BCUT2D eigenvalue weighted by Gasteiger charge is -2.06. The molecule has 1 unspecified atom stereocenters. The van der Waals surface area contributed by atoms with E-state index in [9.17, 15) is 0 Å². The number of aromatic nitrogens is 2. The first-order valence-corrected chi connectivity index (χ1v) is 7.36. The average molecular weight is 340 g/mol. The van der Waals surface area contributed by atoms with E-state index in [4.69, 9.17) is 15.0 Å². The highest BCUT2D eigenvalue weighted by atomic mass is 79.9. The molecule has 5 nitrogen and oxygen atoms in total. The van der Waals surface area contributed by atoms with E-state index in [-0.39, 0.29) is 5.92 Å². The van der Waals surface area contributed by atoms with Gasteiger partial charge in [-0.15, -0.1) is 0 Å². The number of hydrogen-bond donors (Lipinski definition) is 1. The molecule has 2 N–H and O–H groups in total. The van der Waals surface area contributed by atoms with Gasteiger partial charge < -0.3 is 15.0 Å². The van der Waals surface area contributed by atoms with Gasteiger partial charge in [0.15, 0.2) is 0 Å². The molecule has 0 saturated carbocycles. The average Bonchev–Trinajstić information content (AvgIpc) is 2.94. The summed E-state index contributed by atoms with van der Waals surface area (Å²) in [4.78, 5) is 4.45. The second kappa shape index (κ2) is 6.85. The van der Waals surface area contributed by atoms with E-state index in [2.05, 4.69) is 33.0 Å². The van der Waals surface area contributed by atoms with Gasteiger partial charge in [-0.3, -0.25) is 0 Å². The van der Waals surface area contributed by atoms with Gasteiger partial charge in [0, 0.05) is 12.1 Å². The van der Waals surface area contributed by atoms with Gasteiger partial charge in [0.25, 0.3) is 0 Å². The SMILES string of the molecule is CCCC(CN)c1nc(-c2ccc(OC)c(Br)c2)no1. The molecule has 20 heavy (non-hydrogen) atoms. The number of nitrogens with zero attached hydrogens (tertiary/aromatic N) is 2. The zero-order valence-corrected chi connectivity index (χ0v) is 13.2. The van der Waals surface area contributed by atoms with Gasteiger partial charge in [0.05, 0.1) is 17.5 Å². The van der Waals surface area contributed by atoms with Gasteiger partial charge in [-0.05, 0) is 40.5 Å². The summed E-state index contributed by atoms with van der Waals surface area (Å²) in [7, 11) is 1.63. The Hall–Kier alpha value is -1.40. The number of hydrogen-bond acceptors (Lipinski definition) is 5. The van der Waals surface area contributed by atoms with Crippen LogP contribution in [-0.2, 0) is 0 Å². The number of ether oxygens (including phenoxy) is 1. The summed E-state index contributed by atoms with van der Waals surface area (Å²) in [6.45, 7) is 2.63. The van der Waals surface area contributed by atoms with Crippen molar-refractivity contribution in [3.8, 4) is 17.1 Å². The second-order valence-electron chi connectivity index (χ2n) is 4.53. The van der Waals surface area contributed by atoms with E-state index in [1.807, 2.05) is 18.2 Å². The van der Waals surface area contributed by atoms with Crippen molar-refractivity contribution in [2.45, 2.75) is 25.7 Å².